The standard InChI is InChI=1S/C55H38N2/c1-55(2)52-41-23-9-7-18-37(41)29-30-48(52)47-27-14-26-46(53(47)55)44-31-32-45(43-25-11-10-24-42(43)44)51-34-50(39-21-12-20-38(33-39)35-15-4-3-5-16-35)56-54(57-51)49-28-13-19-36-17-6-8-22-40(36)49/h3-34H,1-2H3. The number of hydrogen-bond donors (Lipinski definition) is 0. The van der Waals surface area contributed by atoms with Crippen LogP contribution in [0.5, 0.6) is 0 Å². The van der Waals surface area contributed by atoms with Crippen molar-refractivity contribution in [1.29, 1.82) is 0 Å². The molecular formula is C55H38N2. The molecule has 0 fully saturated rings. The fraction of sp³-hybridized carbons (Fsp3) is 0.0545. The molecule has 0 aliphatic heterocycles. The van der Waals surface area contributed by atoms with E-state index in [1.807, 2.05) is 0 Å². The quantitative estimate of drug-likeness (QED) is 0.176. The Hall–Kier alpha value is -7.16. The summed E-state index contributed by atoms with van der Waals surface area (Å²) in [6, 6.07) is 70.0. The lowest BCUT2D eigenvalue weighted by atomic mass is 9.77. The number of rotatable bonds is 5. The zero-order valence-corrected chi connectivity index (χ0v) is 31.9. The highest BCUT2D eigenvalue weighted by Gasteiger charge is 2.39. The van der Waals surface area contributed by atoms with Crippen LogP contribution in [-0.2, 0) is 5.41 Å². The van der Waals surface area contributed by atoms with Crippen molar-refractivity contribution in [3.05, 3.63) is 205 Å². The molecule has 10 aromatic rings. The fourth-order valence-corrected chi connectivity index (χ4v) is 9.49. The van der Waals surface area contributed by atoms with Crippen molar-refractivity contribution in [2.45, 2.75) is 19.3 Å². The van der Waals surface area contributed by atoms with Crippen LogP contribution in [0.4, 0.5) is 0 Å². The van der Waals surface area contributed by atoms with E-state index in [1.54, 1.807) is 0 Å². The van der Waals surface area contributed by atoms with Crippen molar-refractivity contribution in [3.8, 4) is 67.3 Å². The maximum absolute atomic E-state index is 5.41. The van der Waals surface area contributed by atoms with Gasteiger partial charge in [0.2, 0.25) is 0 Å². The molecule has 2 nitrogen and oxygen atoms in total. The fourth-order valence-electron chi connectivity index (χ4n) is 9.49. The van der Waals surface area contributed by atoms with Gasteiger partial charge >= 0.3 is 0 Å². The minimum absolute atomic E-state index is 0.189. The molecule has 0 spiro atoms. The van der Waals surface area contributed by atoms with Gasteiger partial charge in [-0.25, -0.2) is 9.97 Å². The lowest BCUT2D eigenvalue weighted by molar-refractivity contribution is 0.668. The normalized spacial score (nSPS) is 12.9. The van der Waals surface area contributed by atoms with E-state index in [-0.39, 0.29) is 5.41 Å². The summed E-state index contributed by atoms with van der Waals surface area (Å²) in [5.41, 5.74) is 15.0. The summed E-state index contributed by atoms with van der Waals surface area (Å²) in [4.78, 5) is 10.7. The molecule has 1 aliphatic rings. The van der Waals surface area contributed by atoms with Crippen LogP contribution < -0.4 is 0 Å². The molecular weight excluding hydrogens is 689 g/mol. The number of fused-ring (bicyclic) bond motifs is 7. The van der Waals surface area contributed by atoms with E-state index in [0.717, 1.165) is 44.4 Å². The first kappa shape index (κ1) is 33.2. The van der Waals surface area contributed by atoms with Crippen LogP contribution in [0.2, 0.25) is 0 Å². The van der Waals surface area contributed by atoms with Crippen molar-refractivity contribution < 1.29 is 0 Å². The van der Waals surface area contributed by atoms with Crippen LogP contribution in [0.3, 0.4) is 0 Å². The minimum Gasteiger partial charge on any atom is -0.228 e. The number of nitrogens with zero attached hydrogens (tertiary/aromatic N) is 2. The first-order valence-electron chi connectivity index (χ1n) is 19.7. The van der Waals surface area contributed by atoms with Gasteiger partial charge in [0, 0.05) is 22.1 Å². The molecule has 11 rings (SSSR count). The average Bonchev–Trinajstić information content (AvgIpc) is 3.52. The third-order valence-corrected chi connectivity index (χ3v) is 12.0. The van der Waals surface area contributed by atoms with E-state index >= 15 is 0 Å². The summed E-state index contributed by atoms with van der Waals surface area (Å²) in [5, 5.41) is 7.29. The Labute approximate surface area is 332 Å². The molecule has 0 bridgehead atoms. The Morgan fingerprint density at radius 1 is 0.316 bits per heavy atom. The summed E-state index contributed by atoms with van der Waals surface area (Å²) in [6.07, 6.45) is 0. The Morgan fingerprint density at radius 3 is 1.63 bits per heavy atom. The second-order valence-electron chi connectivity index (χ2n) is 15.7. The highest BCUT2D eigenvalue weighted by Crippen LogP contribution is 2.55. The van der Waals surface area contributed by atoms with E-state index in [0.29, 0.717) is 5.82 Å². The van der Waals surface area contributed by atoms with Crippen molar-refractivity contribution in [3.63, 3.8) is 0 Å². The maximum atomic E-state index is 5.41. The molecule has 0 saturated heterocycles. The maximum Gasteiger partial charge on any atom is 0.161 e. The molecule has 0 saturated carbocycles. The van der Waals surface area contributed by atoms with Gasteiger partial charge in [-0.2, -0.15) is 0 Å². The first-order valence-corrected chi connectivity index (χ1v) is 19.7. The Morgan fingerprint density at radius 2 is 0.825 bits per heavy atom. The largest absolute Gasteiger partial charge is 0.228 e. The molecule has 1 aromatic heterocycles. The highest BCUT2D eigenvalue weighted by molar-refractivity contribution is 6.08. The molecule has 0 N–H and O–H groups in total. The van der Waals surface area contributed by atoms with Crippen molar-refractivity contribution in [2.75, 3.05) is 0 Å². The summed E-state index contributed by atoms with van der Waals surface area (Å²) in [6.45, 7) is 4.79. The van der Waals surface area contributed by atoms with Gasteiger partial charge in [-0.3, -0.25) is 0 Å². The number of hydrogen-bond acceptors (Lipinski definition) is 2. The lowest BCUT2D eigenvalue weighted by Gasteiger charge is -2.26. The topological polar surface area (TPSA) is 25.8 Å². The smallest absolute Gasteiger partial charge is 0.161 e. The molecule has 268 valence electrons. The van der Waals surface area contributed by atoms with Gasteiger partial charge < -0.3 is 0 Å². The summed E-state index contributed by atoms with van der Waals surface area (Å²) >= 11 is 0. The van der Waals surface area contributed by atoms with Crippen LogP contribution >= 0.6 is 0 Å². The Bertz CT molecular complexity index is 3210. The lowest BCUT2D eigenvalue weighted by Crippen LogP contribution is -2.17. The van der Waals surface area contributed by atoms with Gasteiger partial charge in [-0.05, 0) is 89.0 Å². The molecule has 1 aliphatic carbocycles. The van der Waals surface area contributed by atoms with Crippen LogP contribution in [0.15, 0.2) is 194 Å². The van der Waals surface area contributed by atoms with Crippen molar-refractivity contribution in [2.24, 2.45) is 0 Å². The number of aromatic nitrogens is 2. The van der Waals surface area contributed by atoms with Crippen LogP contribution in [0.1, 0.15) is 25.0 Å². The van der Waals surface area contributed by atoms with E-state index < -0.39 is 0 Å². The molecule has 57 heavy (non-hydrogen) atoms. The minimum atomic E-state index is -0.189. The van der Waals surface area contributed by atoms with Gasteiger partial charge in [0.1, 0.15) is 0 Å². The van der Waals surface area contributed by atoms with Crippen molar-refractivity contribution in [1.82, 2.24) is 9.97 Å². The Kier molecular flexibility index (Phi) is 7.55. The van der Waals surface area contributed by atoms with Gasteiger partial charge in [0.05, 0.1) is 11.4 Å². The Balaban J connectivity index is 1.12. The molecule has 9 aromatic carbocycles. The second kappa shape index (κ2) is 13.0. The van der Waals surface area contributed by atoms with E-state index in [4.69, 9.17) is 9.97 Å². The van der Waals surface area contributed by atoms with E-state index in [1.165, 1.54) is 60.5 Å². The zero-order chi connectivity index (χ0) is 38.1. The third kappa shape index (κ3) is 5.33. The van der Waals surface area contributed by atoms with Crippen molar-refractivity contribution >= 4 is 32.3 Å². The summed E-state index contributed by atoms with van der Waals surface area (Å²) < 4.78 is 0. The van der Waals surface area contributed by atoms with Crippen LogP contribution in [0.25, 0.3) is 99.6 Å². The third-order valence-electron chi connectivity index (χ3n) is 12.0. The van der Waals surface area contributed by atoms with Gasteiger partial charge in [-0.15, -0.1) is 0 Å². The molecule has 0 radical (unpaired) electrons. The number of benzene rings is 9. The van der Waals surface area contributed by atoms with Gasteiger partial charge in [0.15, 0.2) is 5.82 Å². The molecule has 0 amide bonds. The second-order valence-corrected chi connectivity index (χ2v) is 15.7. The molecule has 0 unspecified atom stereocenters. The van der Waals surface area contributed by atoms with Gasteiger partial charge in [0.25, 0.3) is 0 Å². The highest BCUT2D eigenvalue weighted by atomic mass is 14.9. The predicted octanol–water partition coefficient (Wildman–Crippen LogP) is 14.6. The van der Waals surface area contributed by atoms with Crippen LogP contribution in [-0.4, -0.2) is 9.97 Å². The average molecular weight is 727 g/mol. The summed E-state index contributed by atoms with van der Waals surface area (Å²) in [7, 11) is 0. The van der Waals surface area contributed by atoms with E-state index in [9.17, 15) is 0 Å². The molecule has 0 atom stereocenters. The first-order chi connectivity index (χ1) is 28.0. The predicted molar refractivity (Wildman–Crippen MR) is 239 cm³/mol. The monoisotopic (exact) mass is 726 g/mol. The molecule has 1 heterocycles. The van der Waals surface area contributed by atoms with Crippen LogP contribution in [0, 0.1) is 0 Å². The van der Waals surface area contributed by atoms with Gasteiger partial charge in [-0.1, -0.05) is 196 Å². The van der Waals surface area contributed by atoms with E-state index in [2.05, 4.69) is 208 Å². The zero-order valence-electron chi connectivity index (χ0n) is 31.9. The molecule has 2 heteroatoms. The summed E-state index contributed by atoms with van der Waals surface area (Å²) in [5.74, 6) is 0.713. The SMILES string of the molecule is CC1(C)c2c(cccc2-c2ccc(-c3cc(-c4cccc(-c5ccccc5)c4)nc(-c4cccc5ccccc45)n3)c3ccccc23)-c2ccc3ccccc3c21.